The summed E-state index contributed by atoms with van der Waals surface area (Å²) in [5.41, 5.74) is 1.53. The summed E-state index contributed by atoms with van der Waals surface area (Å²) >= 11 is 3.17. The lowest BCUT2D eigenvalue weighted by atomic mass is 10.1. The Morgan fingerprint density at radius 1 is 1.53 bits per heavy atom. The van der Waals surface area contributed by atoms with E-state index in [4.69, 9.17) is 0 Å². The van der Waals surface area contributed by atoms with Gasteiger partial charge in [-0.05, 0) is 34.0 Å². The van der Waals surface area contributed by atoms with Gasteiger partial charge in [0.25, 0.3) is 0 Å². The van der Waals surface area contributed by atoms with E-state index in [-0.39, 0.29) is 5.78 Å². The molecule has 78 valence electrons. The number of halogens is 1. The summed E-state index contributed by atoms with van der Waals surface area (Å²) in [6.45, 7) is 0. The molecule has 1 aromatic rings. The SMILES string of the molecule is COC(=O)c1cc(Br)nc2c1CCC2=O. The number of ether oxygens (including phenoxy) is 1. The summed E-state index contributed by atoms with van der Waals surface area (Å²) in [5, 5.41) is 0. The molecule has 0 saturated carbocycles. The van der Waals surface area contributed by atoms with Crippen LogP contribution in [-0.4, -0.2) is 23.8 Å². The lowest BCUT2D eigenvalue weighted by molar-refractivity contribution is 0.0599. The molecule has 5 heteroatoms. The highest BCUT2D eigenvalue weighted by Crippen LogP contribution is 2.26. The Morgan fingerprint density at radius 2 is 2.27 bits per heavy atom. The van der Waals surface area contributed by atoms with Gasteiger partial charge in [-0.2, -0.15) is 0 Å². The zero-order chi connectivity index (χ0) is 11.0. The van der Waals surface area contributed by atoms with Gasteiger partial charge >= 0.3 is 5.97 Å². The van der Waals surface area contributed by atoms with E-state index in [0.717, 1.165) is 0 Å². The Kier molecular flexibility index (Phi) is 2.56. The topological polar surface area (TPSA) is 56.3 Å². The first-order chi connectivity index (χ1) is 7.13. The predicted molar refractivity (Wildman–Crippen MR) is 55.9 cm³/mol. The highest BCUT2D eigenvalue weighted by molar-refractivity contribution is 9.10. The van der Waals surface area contributed by atoms with Crippen molar-refractivity contribution in [2.24, 2.45) is 0 Å². The maximum atomic E-state index is 11.4. The second-order valence-corrected chi connectivity index (χ2v) is 4.05. The lowest BCUT2D eigenvalue weighted by Crippen LogP contribution is -2.08. The Labute approximate surface area is 94.8 Å². The first-order valence-corrected chi connectivity index (χ1v) is 5.23. The Bertz CT molecular complexity index is 456. The second kappa shape index (κ2) is 3.73. The van der Waals surface area contributed by atoms with Gasteiger partial charge < -0.3 is 4.74 Å². The standard InChI is InChI=1S/C10H8BrNO3/c1-15-10(14)6-4-8(11)12-9-5(6)2-3-7(9)13/h4H,2-3H2,1H3. The van der Waals surface area contributed by atoms with E-state index in [2.05, 4.69) is 25.7 Å². The number of Topliss-reactive ketones (excluding diaryl/α,β-unsaturated/α-hetero) is 1. The zero-order valence-electron chi connectivity index (χ0n) is 8.04. The van der Waals surface area contributed by atoms with Crippen LogP contribution in [0.3, 0.4) is 0 Å². The number of nitrogens with zero attached hydrogens (tertiary/aromatic N) is 1. The van der Waals surface area contributed by atoms with Gasteiger partial charge in [0.05, 0.1) is 12.7 Å². The van der Waals surface area contributed by atoms with Gasteiger partial charge in [0, 0.05) is 6.42 Å². The van der Waals surface area contributed by atoms with Gasteiger partial charge in [0.1, 0.15) is 10.3 Å². The van der Waals surface area contributed by atoms with E-state index >= 15 is 0 Å². The van der Waals surface area contributed by atoms with Crippen LogP contribution in [0.25, 0.3) is 0 Å². The van der Waals surface area contributed by atoms with E-state index in [9.17, 15) is 9.59 Å². The molecule has 15 heavy (non-hydrogen) atoms. The third-order valence-corrected chi connectivity index (χ3v) is 2.77. The van der Waals surface area contributed by atoms with Gasteiger partial charge in [-0.3, -0.25) is 4.79 Å². The summed E-state index contributed by atoms with van der Waals surface area (Å²) < 4.78 is 5.14. The van der Waals surface area contributed by atoms with Gasteiger partial charge in [-0.15, -0.1) is 0 Å². The van der Waals surface area contributed by atoms with Crippen LogP contribution < -0.4 is 0 Å². The van der Waals surface area contributed by atoms with Crippen molar-refractivity contribution in [1.82, 2.24) is 4.98 Å². The van der Waals surface area contributed by atoms with Gasteiger partial charge in [-0.25, -0.2) is 9.78 Å². The van der Waals surface area contributed by atoms with Crippen molar-refractivity contribution in [3.05, 3.63) is 27.5 Å². The smallest absolute Gasteiger partial charge is 0.338 e. The molecule has 0 aromatic carbocycles. The average molecular weight is 270 g/mol. The summed E-state index contributed by atoms with van der Waals surface area (Å²) in [7, 11) is 1.32. The van der Waals surface area contributed by atoms with Crippen LogP contribution in [0, 0.1) is 0 Å². The minimum Gasteiger partial charge on any atom is -0.465 e. The van der Waals surface area contributed by atoms with Crippen molar-refractivity contribution in [2.75, 3.05) is 7.11 Å². The zero-order valence-corrected chi connectivity index (χ0v) is 9.63. The third-order valence-electron chi connectivity index (χ3n) is 2.36. The number of pyridine rings is 1. The highest BCUT2D eigenvalue weighted by Gasteiger charge is 2.27. The number of hydrogen-bond acceptors (Lipinski definition) is 4. The van der Waals surface area contributed by atoms with Crippen LogP contribution in [0.1, 0.15) is 32.8 Å². The molecule has 0 radical (unpaired) electrons. The van der Waals surface area contributed by atoms with Crippen LogP contribution in [0.2, 0.25) is 0 Å². The fourth-order valence-electron chi connectivity index (χ4n) is 1.67. The molecule has 0 unspecified atom stereocenters. The lowest BCUT2D eigenvalue weighted by Gasteiger charge is -2.05. The molecule has 0 saturated heterocycles. The highest BCUT2D eigenvalue weighted by atomic mass is 79.9. The Morgan fingerprint density at radius 3 is 2.93 bits per heavy atom. The first kappa shape index (κ1) is 10.3. The molecular weight excluding hydrogens is 262 g/mol. The van der Waals surface area contributed by atoms with Crippen molar-refractivity contribution in [1.29, 1.82) is 0 Å². The largest absolute Gasteiger partial charge is 0.465 e. The van der Waals surface area contributed by atoms with Crippen LogP contribution in [-0.2, 0) is 11.2 Å². The summed E-state index contributed by atoms with van der Waals surface area (Å²) in [4.78, 5) is 27.0. The number of carbonyl (C=O) groups excluding carboxylic acids is 2. The minimum absolute atomic E-state index is 0.0172. The molecule has 0 amide bonds. The molecule has 0 aliphatic heterocycles. The summed E-state index contributed by atoms with van der Waals surface area (Å²) in [5.74, 6) is -0.444. The molecule has 0 atom stereocenters. The van der Waals surface area contributed by atoms with E-state index in [1.54, 1.807) is 6.07 Å². The van der Waals surface area contributed by atoms with Crippen LogP contribution >= 0.6 is 15.9 Å². The fourth-order valence-corrected chi connectivity index (χ4v) is 2.08. The molecule has 0 N–H and O–H groups in total. The number of fused-ring (bicyclic) bond motifs is 1. The molecule has 1 heterocycles. The molecule has 4 nitrogen and oxygen atoms in total. The number of esters is 1. The normalized spacial score (nSPS) is 13.9. The van der Waals surface area contributed by atoms with Crippen molar-refractivity contribution in [3.63, 3.8) is 0 Å². The molecule has 1 aliphatic carbocycles. The maximum Gasteiger partial charge on any atom is 0.338 e. The molecule has 0 fully saturated rings. The average Bonchev–Trinajstić information content (AvgIpc) is 2.58. The van der Waals surface area contributed by atoms with Crippen LogP contribution in [0.4, 0.5) is 0 Å². The van der Waals surface area contributed by atoms with E-state index in [1.165, 1.54) is 7.11 Å². The monoisotopic (exact) mass is 269 g/mol. The number of carbonyl (C=O) groups is 2. The molecular formula is C10H8BrNO3. The van der Waals surface area contributed by atoms with Crippen molar-refractivity contribution >= 4 is 27.7 Å². The molecule has 0 bridgehead atoms. The third kappa shape index (κ3) is 1.67. The van der Waals surface area contributed by atoms with Crippen molar-refractivity contribution in [2.45, 2.75) is 12.8 Å². The maximum absolute atomic E-state index is 11.4. The molecule has 1 aliphatic rings. The quantitative estimate of drug-likeness (QED) is 0.576. The number of rotatable bonds is 1. The van der Waals surface area contributed by atoms with E-state index in [0.29, 0.717) is 34.3 Å². The van der Waals surface area contributed by atoms with E-state index < -0.39 is 5.97 Å². The second-order valence-electron chi connectivity index (χ2n) is 3.23. The van der Waals surface area contributed by atoms with Gasteiger partial charge in [0.2, 0.25) is 0 Å². The number of ketones is 1. The minimum atomic E-state index is -0.427. The predicted octanol–water partition coefficient (Wildman–Crippen LogP) is 1.76. The number of aromatic nitrogens is 1. The Balaban J connectivity index is 2.61. The van der Waals surface area contributed by atoms with E-state index in [1.807, 2.05) is 0 Å². The van der Waals surface area contributed by atoms with Crippen LogP contribution in [0.5, 0.6) is 0 Å². The Hall–Kier alpha value is -1.23. The molecule has 1 aromatic heterocycles. The van der Waals surface area contributed by atoms with Gasteiger partial charge in [-0.1, -0.05) is 0 Å². The van der Waals surface area contributed by atoms with Crippen molar-refractivity contribution < 1.29 is 14.3 Å². The molecule has 0 spiro atoms. The first-order valence-electron chi connectivity index (χ1n) is 4.44. The van der Waals surface area contributed by atoms with Crippen LogP contribution in [0.15, 0.2) is 10.7 Å². The van der Waals surface area contributed by atoms with Crippen molar-refractivity contribution in [3.8, 4) is 0 Å². The number of hydrogen-bond donors (Lipinski definition) is 0. The van der Waals surface area contributed by atoms with Gasteiger partial charge in [0.15, 0.2) is 5.78 Å². The summed E-state index contributed by atoms with van der Waals surface area (Å²) in [6.07, 6.45) is 0.988. The fraction of sp³-hybridized carbons (Fsp3) is 0.300. The number of methoxy groups -OCH3 is 1. The molecule has 2 rings (SSSR count). The summed E-state index contributed by atoms with van der Waals surface area (Å²) in [6, 6.07) is 1.59.